The van der Waals surface area contributed by atoms with E-state index in [1.807, 2.05) is 0 Å². The third-order valence-corrected chi connectivity index (χ3v) is 4.03. The normalized spacial score (nSPS) is 9.92. The van der Waals surface area contributed by atoms with Crippen LogP contribution in [0.3, 0.4) is 0 Å². The first kappa shape index (κ1) is 19.1. The number of anilines is 1. The van der Waals surface area contributed by atoms with E-state index in [-0.39, 0.29) is 16.8 Å². The first-order valence-electron chi connectivity index (χ1n) is 7.27. The van der Waals surface area contributed by atoms with Crippen LogP contribution < -0.4 is 5.32 Å². The quantitative estimate of drug-likeness (QED) is 0.607. The van der Waals surface area contributed by atoms with Crippen molar-refractivity contribution in [2.24, 2.45) is 0 Å². The summed E-state index contributed by atoms with van der Waals surface area (Å²) in [5.74, 6) is -2.65. The molecular formula is C17H15NO7S. The highest BCUT2D eigenvalue weighted by Gasteiger charge is 2.18. The Kier molecular flexibility index (Phi) is 6.45. The number of rotatable bonds is 6. The average Bonchev–Trinajstić information content (AvgIpc) is 3.19. The van der Waals surface area contributed by atoms with Gasteiger partial charge >= 0.3 is 17.9 Å². The van der Waals surface area contributed by atoms with Crippen LogP contribution in [0, 0.1) is 0 Å². The van der Waals surface area contributed by atoms with Gasteiger partial charge in [-0.05, 0) is 29.6 Å². The minimum Gasteiger partial charge on any atom is -0.465 e. The van der Waals surface area contributed by atoms with Crippen molar-refractivity contribution in [3.63, 3.8) is 0 Å². The average molecular weight is 377 g/mol. The highest BCUT2D eigenvalue weighted by Crippen LogP contribution is 2.20. The molecule has 0 spiro atoms. The number of methoxy groups -OCH3 is 2. The highest BCUT2D eigenvalue weighted by molar-refractivity contribution is 7.11. The van der Waals surface area contributed by atoms with Gasteiger partial charge in [-0.25, -0.2) is 14.4 Å². The van der Waals surface area contributed by atoms with Gasteiger partial charge < -0.3 is 19.5 Å². The summed E-state index contributed by atoms with van der Waals surface area (Å²) in [4.78, 5) is 47.6. The van der Waals surface area contributed by atoms with E-state index in [9.17, 15) is 19.2 Å². The molecule has 1 aromatic heterocycles. The van der Waals surface area contributed by atoms with Gasteiger partial charge in [0.05, 0.1) is 31.0 Å². The van der Waals surface area contributed by atoms with Gasteiger partial charge in [0.2, 0.25) is 0 Å². The number of ether oxygens (including phenoxy) is 3. The van der Waals surface area contributed by atoms with Gasteiger partial charge in [-0.3, -0.25) is 4.79 Å². The molecule has 0 radical (unpaired) electrons. The number of benzene rings is 1. The van der Waals surface area contributed by atoms with Crippen molar-refractivity contribution in [2.75, 3.05) is 26.1 Å². The van der Waals surface area contributed by atoms with Crippen LogP contribution in [-0.4, -0.2) is 44.6 Å². The largest absolute Gasteiger partial charge is 0.465 e. The summed E-state index contributed by atoms with van der Waals surface area (Å²) in [6.07, 6.45) is 0. The summed E-state index contributed by atoms with van der Waals surface area (Å²) in [6.45, 7) is -0.556. The lowest BCUT2D eigenvalue weighted by atomic mass is 10.1. The number of carbonyl (C=O) groups is 4. The molecule has 0 saturated carbocycles. The fourth-order valence-electron chi connectivity index (χ4n) is 1.96. The van der Waals surface area contributed by atoms with Gasteiger partial charge in [-0.1, -0.05) is 6.07 Å². The van der Waals surface area contributed by atoms with E-state index in [1.165, 1.54) is 43.8 Å². The lowest BCUT2D eigenvalue weighted by Gasteiger charge is -2.11. The minimum absolute atomic E-state index is 0.0388. The zero-order valence-corrected chi connectivity index (χ0v) is 14.8. The second kappa shape index (κ2) is 8.77. The Hall–Kier alpha value is -3.20. The van der Waals surface area contributed by atoms with Crippen molar-refractivity contribution in [1.29, 1.82) is 0 Å². The van der Waals surface area contributed by atoms with Gasteiger partial charge in [0, 0.05) is 0 Å². The summed E-state index contributed by atoms with van der Waals surface area (Å²) >= 11 is 1.18. The maximum Gasteiger partial charge on any atom is 0.348 e. The van der Waals surface area contributed by atoms with Crippen molar-refractivity contribution >= 4 is 40.8 Å². The van der Waals surface area contributed by atoms with Crippen LogP contribution in [0.4, 0.5) is 5.69 Å². The number of carbonyl (C=O) groups excluding carboxylic acids is 4. The Balaban J connectivity index is 2.12. The minimum atomic E-state index is -0.702. The van der Waals surface area contributed by atoms with Crippen LogP contribution in [-0.2, 0) is 19.0 Å². The third kappa shape index (κ3) is 4.67. The van der Waals surface area contributed by atoms with Crippen LogP contribution in [0.25, 0.3) is 0 Å². The number of esters is 3. The SMILES string of the molecule is COC(=O)c1ccc(C(=O)OC)c(NC(=O)COC(=O)c2cccs2)c1. The van der Waals surface area contributed by atoms with E-state index < -0.39 is 30.4 Å². The Morgan fingerprint density at radius 3 is 2.35 bits per heavy atom. The molecule has 0 bridgehead atoms. The van der Waals surface area contributed by atoms with Crippen LogP contribution in [0.5, 0.6) is 0 Å². The van der Waals surface area contributed by atoms with Crippen molar-refractivity contribution in [2.45, 2.75) is 0 Å². The van der Waals surface area contributed by atoms with E-state index in [0.29, 0.717) is 4.88 Å². The van der Waals surface area contributed by atoms with Crippen LogP contribution in [0.2, 0.25) is 0 Å². The molecule has 0 atom stereocenters. The number of thiophene rings is 1. The summed E-state index contributed by atoms with van der Waals surface area (Å²) in [5, 5.41) is 4.13. The van der Waals surface area contributed by atoms with Crippen molar-refractivity contribution < 1.29 is 33.4 Å². The van der Waals surface area contributed by atoms with E-state index in [4.69, 9.17) is 4.74 Å². The van der Waals surface area contributed by atoms with Crippen LogP contribution in [0.1, 0.15) is 30.4 Å². The Labute approximate surface area is 152 Å². The van der Waals surface area contributed by atoms with Gasteiger partial charge in [-0.2, -0.15) is 0 Å². The van der Waals surface area contributed by atoms with E-state index in [2.05, 4.69) is 14.8 Å². The molecular weight excluding hydrogens is 362 g/mol. The molecule has 1 amide bonds. The second-order valence-corrected chi connectivity index (χ2v) is 5.79. The topological polar surface area (TPSA) is 108 Å². The number of amides is 1. The Morgan fingerprint density at radius 1 is 1.00 bits per heavy atom. The smallest absolute Gasteiger partial charge is 0.348 e. The highest BCUT2D eigenvalue weighted by atomic mass is 32.1. The molecule has 0 saturated heterocycles. The molecule has 1 aromatic carbocycles. The van der Waals surface area contributed by atoms with Crippen molar-refractivity contribution in [3.8, 4) is 0 Å². The summed E-state index contributed by atoms with van der Waals surface area (Å²) in [6, 6.07) is 7.22. The second-order valence-electron chi connectivity index (χ2n) is 4.85. The molecule has 0 aliphatic rings. The molecule has 136 valence electrons. The molecule has 26 heavy (non-hydrogen) atoms. The predicted octanol–water partition coefficient (Wildman–Crippen LogP) is 2.12. The molecule has 2 rings (SSSR count). The maximum absolute atomic E-state index is 12.0. The summed E-state index contributed by atoms with van der Waals surface area (Å²) in [5.41, 5.74) is 0.209. The van der Waals surface area contributed by atoms with Crippen molar-refractivity contribution in [1.82, 2.24) is 0 Å². The summed E-state index contributed by atoms with van der Waals surface area (Å²) < 4.78 is 14.1. The molecule has 1 heterocycles. The molecule has 0 aliphatic carbocycles. The fraction of sp³-hybridized carbons (Fsp3) is 0.176. The molecule has 0 aliphatic heterocycles. The van der Waals surface area contributed by atoms with E-state index in [0.717, 1.165) is 0 Å². The molecule has 0 fully saturated rings. The molecule has 1 N–H and O–H groups in total. The van der Waals surface area contributed by atoms with Gasteiger partial charge in [0.1, 0.15) is 4.88 Å². The molecule has 9 heteroatoms. The van der Waals surface area contributed by atoms with Crippen molar-refractivity contribution in [3.05, 3.63) is 51.7 Å². The van der Waals surface area contributed by atoms with E-state index >= 15 is 0 Å². The number of nitrogens with one attached hydrogen (secondary N) is 1. The van der Waals surface area contributed by atoms with Gasteiger partial charge in [0.15, 0.2) is 6.61 Å². The zero-order chi connectivity index (χ0) is 19.1. The van der Waals surface area contributed by atoms with Gasteiger partial charge in [-0.15, -0.1) is 11.3 Å². The lowest BCUT2D eigenvalue weighted by molar-refractivity contribution is -0.119. The third-order valence-electron chi connectivity index (χ3n) is 3.18. The lowest BCUT2D eigenvalue weighted by Crippen LogP contribution is -2.22. The summed E-state index contributed by atoms with van der Waals surface area (Å²) in [7, 11) is 2.39. The first-order chi connectivity index (χ1) is 12.5. The Bertz CT molecular complexity index is 830. The number of hydrogen-bond acceptors (Lipinski definition) is 8. The van der Waals surface area contributed by atoms with Crippen LogP contribution in [0.15, 0.2) is 35.7 Å². The zero-order valence-electron chi connectivity index (χ0n) is 13.9. The molecule has 8 nitrogen and oxygen atoms in total. The van der Waals surface area contributed by atoms with Crippen LogP contribution >= 0.6 is 11.3 Å². The van der Waals surface area contributed by atoms with E-state index in [1.54, 1.807) is 17.5 Å². The standard InChI is InChI=1S/C17H15NO7S/c1-23-15(20)10-5-6-11(16(21)24-2)12(8-10)18-14(19)9-25-17(22)13-4-3-7-26-13/h3-8H,9H2,1-2H3,(H,18,19). The Morgan fingerprint density at radius 2 is 1.73 bits per heavy atom. The predicted molar refractivity (Wildman–Crippen MR) is 92.4 cm³/mol. The molecule has 0 unspecified atom stereocenters. The van der Waals surface area contributed by atoms with Gasteiger partial charge in [0.25, 0.3) is 5.91 Å². The fourth-order valence-corrected chi connectivity index (χ4v) is 2.58. The monoisotopic (exact) mass is 377 g/mol. The number of hydrogen-bond donors (Lipinski definition) is 1. The maximum atomic E-state index is 12.0. The first-order valence-corrected chi connectivity index (χ1v) is 8.15. The molecule has 2 aromatic rings.